The fraction of sp³-hybridized carbons (Fsp3) is 0.429. The number of methoxy groups -OCH3 is 1. The fourth-order valence-electron chi connectivity index (χ4n) is 3.60. The van der Waals surface area contributed by atoms with Gasteiger partial charge in [-0.05, 0) is 74.1 Å². The standard InChI is InChI=1S/C21H28N2O5S2/c1-5-11-29(24,25)23-10-6-7-17-8-9-18(14-19(17)23)22-30(26,27)21-13-16(3)15(2)12-20(21)28-4/h8-9,12-14,22H,5-7,10-11H2,1-4H3. The largest absolute Gasteiger partial charge is 0.495 e. The van der Waals surface area contributed by atoms with E-state index in [0.717, 1.165) is 29.5 Å². The lowest BCUT2D eigenvalue weighted by Crippen LogP contribution is -2.37. The van der Waals surface area contributed by atoms with E-state index in [9.17, 15) is 16.8 Å². The number of aryl methyl sites for hydroxylation is 3. The summed E-state index contributed by atoms with van der Waals surface area (Å²) < 4.78 is 60.8. The third kappa shape index (κ3) is 4.41. The molecule has 3 rings (SSSR count). The highest BCUT2D eigenvalue weighted by Crippen LogP contribution is 2.34. The predicted octanol–water partition coefficient (Wildman–Crippen LogP) is 3.61. The number of ether oxygens (including phenoxy) is 1. The van der Waals surface area contributed by atoms with Crippen LogP contribution in [0.25, 0.3) is 0 Å². The normalized spacial score (nSPS) is 14.3. The Labute approximate surface area is 179 Å². The zero-order valence-corrected chi connectivity index (χ0v) is 19.4. The van der Waals surface area contributed by atoms with Gasteiger partial charge in [-0.15, -0.1) is 0 Å². The minimum absolute atomic E-state index is 0.0429. The van der Waals surface area contributed by atoms with E-state index < -0.39 is 20.0 Å². The Morgan fingerprint density at radius 2 is 1.77 bits per heavy atom. The highest BCUT2D eigenvalue weighted by molar-refractivity contribution is 7.93. The van der Waals surface area contributed by atoms with Crippen LogP contribution >= 0.6 is 0 Å². The highest BCUT2D eigenvalue weighted by atomic mass is 32.2. The maximum Gasteiger partial charge on any atom is 0.265 e. The Morgan fingerprint density at radius 3 is 2.43 bits per heavy atom. The first-order valence-corrected chi connectivity index (χ1v) is 13.0. The molecular formula is C21H28N2O5S2. The maximum atomic E-state index is 13.1. The van der Waals surface area contributed by atoms with Crippen LogP contribution in [0.15, 0.2) is 35.2 Å². The van der Waals surface area contributed by atoms with Crippen molar-refractivity contribution in [3.63, 3.8) is 0 Å². The second-order valence-electron chi connectivity index (χ2n) is 7.53. The van der Waals surface area contributed by atoms with Crippen LogP contribution in [0.4, 0.5) is 11.4 Å². The number of hydrogen-bond donors (Lipinski definition) is 1. The molecule has 0 amide bonds. The fourth-order valence-corrected chi connectivity index (χ4v) is 6.50. The summed E-state index contributed by atoms with van der Waals surface area (Å²) in [5.41, 5.74) is 3.51. The van der Waals surface area contributed by atoms with Gasteiger partial charge in [-0.3, -0.25) is 9.03 Å². The summed E-state index contributed by atoms with van der Waals surface area (Å²) >= 11 is 0. The molecule has 0 fully saturated rings. The Hall–Kier alpha value is -2.26. The van der Waals surface area contributed by atoms with Crippen LogP contribution in [-0.2, 0) is 26.5 Å². The smallest absolute Gasteiger partial charge is 0.265 e. The van der Waals surface area contributed by atoms with Crippen LogP contribution in [0.2, 0.25) is 0 Å². The molecule has 0 bridgehead atoms. The van der Waals surface area contributed by atoms with Crippen LogP contribution in [0.3, 0.4) is 0 Å². The molecule has 0 unspecified atom stereocenters. The summed E-state index contributed by atoms with van der Waals surface area (Å²) in [6.45, 7) is 5.94. The van der Waals surface area contributed by atoms with Crippen molar-refractivity contribution in [2.75, 3.05) is 28.4 Å². The lowest BCUT2D eigenvalue weighted by atomic mass is 10.0. The minimum Gasteiger partial charge on any atom is -0.495 e. The van der Waals surface area contributed by atoms with Crippen molar-refractivity contribution in [1.82, 2.24) is 0 Å². The zero-order valence-electron chi connectivity index (χ0n) is 17.7. The molecule has 0 spiro atoms. The summed E-state index contributed by atoms with van der Waals surface area (Å²) in [5, 5.41) is 0. The Balaban J connectivity index is 2.00. The van der Waals surface area contributed by atoms with Gasteiger partial charge in [0.25, 0.3) is 10.0 Å². The third-order valence-corrected chi connectivity index (χ3v) is 8.66. The Bertz CT molecular complexity index is 1160. The molecule has 0 radical (unpaired) electrons. The van der Waals surface area contributed by atoms with Crippen LogP contribution < -0.4 is 13.8 Å². The van der Waals surface area contributed by atoms with Crippen molar-refractivity contribution < 1.29 is 21.6 Å². The predicted molar refractivity (Wildman–Crippen MR) is 119 cm³/mol. The van der Waals surface area contributed by atoms with E-state index in [-0.39, 0.29) is 16.4 Å². The van der Waals surface area contributed by atoms with Crippen molar-refractivity contribution in [2.45, 2.75) is 44.9 Å². The van der Waals surface area contributed by atoms with Crippen LogP contribution in [0.1, 0.15) is 36.5 Å². The molecule has 7 nitrogen and oxygen atoms in total. The summed E-state index contributed by atoms with van der Waals surface area (Å²) in [7, 11) is -5.94. The van der Waals surface area contributed by atoms with Crippen molar-refractivity contribution in [3.05, 3.63) is 47.0 Å². The van der Waals surface area contributed by atoms with Gasteiger partial charge in [0.15, 0.2) is 0 Å². The summed E-state index contributed by atoms with van der Waals surface area (Å²) in [5.74, 6) is 0.318. The van der Waals surface area contributed by atoms with Crippen LogP contribution in [0.5, 0.6) is 5.75 Å². The number of anilines is 2. The van der Waals surface area contributed by atoms with Crippen molar-refractivity contribution >= 4 is 31.4 Å². The number of rotatable bonds is 7. The minimum atomic E-state index is -3.93. The van der Waals surface area contributed by atoms with Gasteiger partial charge < -0.3 is 4.74 Å². The molecule has 9 heteroatoms. The van der Waals surface area contributed by atoms with Crippen LogP contribution in [-0.4, -0.2) is 36.2 Å². The molecule has 0 atom stereocenters. The first-order valence-electron chi connectivity index (χ1n) is 9.90. The monoisotopic (exact) mass is 452 g/mol. The first-order chi connectivity index (χ1) is 14.1. The number of benzene rings is 2. The average molecular weight is 453 g/mol. The molecule has 0 aliphatic carbocycles. The molecular weight excluding hydrogens is 424 g/mol. The van der Waals surface area contributed by atoms with E-state index in [1.54, 1.807) is 30.3 Å². The SMILES string of the molecule is CCCS(=O)(=O)N1CCCc2ccc(NS(=O)(=O)c3cc(C)c(C)cc3OC)cc21. The van der Waals surface area contributed by atoms with E-state index in [0.29, 0.717) is 24.3 Å². The van der Waals surface area contributed by atoms with Crippen molar-refractivity contribution in [2.24, 2.45) is 0 Å². The highest BCUT2D eigenvalue weighted by Gasteiger charge is 2.28. The zero-order chi connectivity index (χ0) is 22.1. The maximum absolute atomic E-state index is 13.1. The number of fused-ring (bicyclic) bond motifs is 1. The molecule has 30 heavy (non-hydrogen) atoms. The molecule has 1 aliphatic heterocycles. The van der Waals surface area contributed by atoms with Crippen molar-refractivity contribution in [1.29, 1.82) is 0 Å². The molecule has 0 aromatic heterocycles. The molecule has 0 saturated carbocycles. The summed E-state index contributed by atoms with van der Waals surface area (Å²) in [6, 6.07) is 8.33. The second-order valence-corrected chi connectivity index (χ2v) is 11.2. The van der Waals surface area contributed by atoms with E-state index in [2.05, 4.69) is 4.72 Å². The molecule has 2 aromatic rings. The summed E-state index contributed by atoms with van der Waals surface area (Å²) in [6.07, 6.45) is 2.01. The number of hydrogen-bond acceptors (Lipinski definition) is 5. The van der Waals surface area contributed by atoms with E-state index in [1.807, 2.05) is 20.8 Å². The van der Waals surface area contributed by atoms with Crippen LogP contribution in [0, 0.1) is 13.8 Å². The lowest BCUT2D eigenvalue weighted by Gasteiger charge is -2.31. The van der Waals surface area contributed by atoms with Gasteiger partial charge in [0.1, 0.15) is 10.6 Å². The van der Waals surface area contributed by atoms with Crippen molar-refractivity contribution in [3.8, 4) is 5.75 Å². The molecule has 164 valence electrons. The number of sulfonamides is 2. The molecule has 1 N–H and O–H groups in total. The van der Waals surface area contributed by atoms with E-state index in [4.69, 9.17) is 4.74 Å². The molecule has 1 aliphatic rings. The summed E-state index contributed by atoms with van der Waals surface area (Å²) in [4.78, 5) is 0.0429. The lowest BCUT2D eigenvalue weighted by molar-refractivity contribution is 0.402. The molecule has 0 saturated heterocycles. The molecule has 1 heterocycles. The topological polar surface area (TPSA) is 92.8 Å². The Morgan fingerprint density at radius 1 is 1.07 bits per heavy atom. The Kier molecular flexibility index (Phi) is 6.33. The third-order valence-electron chi connectivity index (χ3n) is 5.28. The van der Waals surface area contributed by atoms with Gasteiger partial charge >= 0.3 is 0 Å². The number of nitrogens with one attached hydrogen (secondary N) is 1. The quantitative estimate of drug-likeness (QED) is 0.693. The average Bonchev–Trinajstić information content (AvgIpc) is 2.68. The second kappa shape index (κ2) is 8.47. The first kappa shape index (κ1) is 22.4. The van der Waals surface area contributed by atoms with E-state index in [1.165, 1.54) is 11.4 Å². The van der Waals surface area contributed by atoms with Gasteiger partial charge in [0.05, 0.1) is 24.2 Å². The van der Waals surface area contributed by atoms with Gasteiger partial charge in [0.2, 0.25) is 10.0 Å². The van der Waals surface area contributed by atoms with Gasteiger partial charge in [-0.1, -0.05) is 13.0 Å². The van der Waals surface area contributed by atoms with Gasteiger partial charge in [0, 0.05) is 6.54 Å². The molecule has 2 aromatic carbocycles. The van der Waals surface area contributed by atoms with Gasteiger partial charge in [-0.2, -0.15) is 0 Å². The van der Waals surface area contributed by atoms with Gasteiger partial charge in [-0.25, -0.2) is 16.8 Å². The van der Waals surface area contributed by atoms with E-state index >= 15 is 0 Å². The number of nitrogens with zero attached hydrogens (tertiary/aromatic N) is 1.